The Kier molecular flexibility index (Phi) is 6.36. The lowest BCUT2D eigenvalue weighted by Gasteiger charge is -2.12. The second-order valence-corrected chi connectivity index (χ2v) is 4.38. The summed E-state index contributed by atoms with van der Waals surface area (Å²) in [5, 5.41) is 5.99. The number of carbonyl (C=O) groups excluding carboxylic acids is 1. The molecular weight excluding hydrogens is 231 g/mol. The summed E-state index contributed by atoms with van der Waals surface area (Å²) in [6, 6.07) is 6.39. The minimum atomic E-state index is -0.257. The summed E-state index contributed by atoms with van der Waals surface area (Å²) < 4.78 is 13.0. The predicted molar refractivity (Wildman–Crippen MR) is 70.8 cm³/mol. The van der Waals surface area contributed by atoms with Gasteiger partial charge in [0.2, 0.25) is 5.91 Å². The summed E-state index contributed by atoms with van der Waals surface area (Å²) >= 11 is 0. The topological polar surface area (TPSA) is 41.1 Å². The summed E-state index contributed by atoms with van der Waals surface area (Å²) in [5.74, 6) is -0.391. The first-order valence-corrected chi connectivity index (χ1v) is 6.36. The van der Waals surface area contributed by atoms with Crippen molar-refractivity contribution in [1.29, 1.82) is 0 Å². The number of rotatable bonds is 7. The Labute approximate surface area is 108 Å². The highest BCUT2D eigenvalue weighted by Gasteiger charge is 2.12. The quantitative estimate of drug-likeness (QED) is 0.726. The highest BCUT2D eigenvalue weighted by Crippen LogP contribution is 2.10. The summed E-state index contributed by atoms with van der Waals surface area (Å²) in [6.45, 7) is 6.17. The van der Waals surface area contributed by atoms with E-state index in [4.69, 9.17) is 0 Å². The van der Waals surface area contributed by atoms with Crippen molar-refractivity contribution in [3.05, 3.63) is 35.6 Å². The van der Waals surface area contributed by atoms with Crippen molar-refractivity contribution < 1.29 is 9.18 Å². The van der Waals surface area contributed by atoms with Gasteiger partial charge in [0, 0.05) is 19.0 Å². The number of benzene rings is 1. The lowest BCUT2D eigenvalue weighted by Crippen LogP contribution is -2.35. The van der Waals surface area contributed by atoms with Crippen molar-refractivity contribution in [3.63, 3.8) is 0 Å². The van der Waals surface area contributed by atoms with Crippen molar-refractivity contribution in [2.24, 2.45) is 5.92 Å². The van der Waals surface area contributed by atoms with Gasteiger partial charge in [-0.2, -0.15) is 0 Å². The minimum Gasteiger partial charge on any atom is -0.355 e. The van der Waals surface area contributed by atoms with Gasteiger partial charge in [-0.1, -0.05) is 26.0 Å². The molecule has 1 aromatic rings. The molecule has 1 atom stereocenters. The Hall–Kier alpha value is -1.42. The molecule has 0 heterocycles. The number of likely N-dealkylation sites (N-methyl/N-ethyl adjacent to an activating group) is 1. The van der Waals surface area contributed by atoms with E-state index < -0.39 is 0 Å². The van der Waals surface area contributed by atoms with Gasteiger partial charge in [-0.15, -0.1) is 0 Å². The smallest absolute Gasteiger partial charge is 0.223 e. The van der Waals surface area contributed by atoms with Crippen molar-refractivity contribution in [2.45, 2.75) is 20.3 Å². The number of hydrogen-bond acceptors (Lipinski definition) is 2. The van der Waals surface area contributed by atoms with Crippen LogP contribution in [-0.4, -0.2) is 25.5 Å². The van der Waals surface area contributed by atoms with Gasteiger partial charge >= 0.3 is 0 Å². The summed E-state index contributed by atoms with van der Waals surface area (Å²) in [7, 11) is 0. The van der Waals surface area contributed by atoms with Gasteiger partial charge in [-0.05, 0) is 30.7 Å². The number of nitrogens with one attached hydrogen (secondary N) is 2. The highest BCUT2D eigenvalue weighted by molar-refractivity contribution is 5.78. The van der Waals surface area contributed by atoms with E-state index in [9.17, 15) is 9.18 Å². The molecule has 0 spiro atoms. The summed E-state index contributed by atoms with van der Waals surface area (Å²) in [6.07, 6.45) is 0.560. The fraction of sp³-hybridized carbons (Fsp3) is 0.500. The van der Waals surface area contributed by atoms with Crippen LogP contribution in [0.5, 0.6) is 0 Å². The lowest BCUT2D eigenvalue weighted by molar-refractivity contribution is -0.124. The molecule has 4 heteroatoms. The van der Waals surface area contributed by atoms with Gasteiger partial charge in [0.05, 0.1) is 0 Å². The first-order chi connectivity index (χ1) is 8.63. The second-order valence-electron chi connectivity index (χ2n) is 4.38. The molecule has 1 aromatic carbocycles. The molecule has 0 aliphatic heterocycles. The lowest BCUT2D eigenvalue weighted by atomic mass is 10.0. The largest absolute Gasteiger partial charge is 0.355 e. The Bertz CT molecular complexity index is 382. The third-order valence-electron chi connectivity index (χ3n) is 2.73. The maximum atomic E-state index is 13.0. The van der Waals surface area contributed by atoms with Gasteiger partial charge in [0.15, 0.2) is 0 Å². The van der Waals surface area contributed by atoms with E-state index in [1.54, 1.807) is 6.07 Å². The van der Waals surface area contributed by atoms with E-state index in [1.165, 1.54) is 12.1 Å². The van der Waals surface area contributed by atoms with Crippen LogP contribution in [0.3, 0.4) is 0 Å². The van der Waals surface area contributed by atoms with Crippen molar-refractivity contribution >= 4 is 5.91 Å². The second kappa shape index (κ2) is 7.82. The molecule has 3 nitrogen and oxygen atoms in total. The number of amides is 1. The molecule has 100 valence electrons. The molecule has 0 bridgehead atoms. The fourth-order valence-electron chi connectivity index (χ4n) is 1.74. The van der Waals surface area contributed by atoms with E-state index in [0.717, 1.165) is 18.7 Å². The molecule has 1 unspecified atom stereocenters. The Balaban J connectivity index is 2.35. The zero-order chi connectivity index (χ0) is 13.4. The maximum Gasteiger partial charge on any atom is 0.223 e. The van der Waals surface area contributed by atoms with Crippen LogP contribution in [0.4, 0.5) is 4.39 Å². The average Bonchev–Trinajstić information content (AvgIpc) is 2.34. The van der Waals surface area contributed by atoms with Crippen LogP contribution in [0, 0.1) is 11.7 Å². The van der Waals surface area contributed by atoms with Gasteiger partial charge < -0.3 is 10.6 Å². The van der Waals surface area contributed by atoms with Gasteiger partial charge in [-0.25, -0.2) is 4.39 Å². The van der Waals surface area contributed by atoms with Gasteiger partial charge in [0.25, 0.3) is 0 Å². The molecule has 18 heavy (non-hydrogen) atoms. The summed E-state index contributed by atoms with van der Waals surface area (Å²) in [4.78, 5) is 11.8. The molecule has 0 radical (unpaired) electrons. The first kappa shape index (κ1) is 14.6. The molecule has 1 amide bonds. The molecular formula is C14H21FN2O. The van der Waals surface area contributed by atoms with Crippen LogP contribution in [0.2, 0.25) is 0 Å². The van der Waals surface area contributed by atoms with Crippen LogP contribution >= 0.6 is 0 Å². The molecule has 2 N–H and O–H groups in total. The number of hydrogen-bond donors (Lipinski definition) is 2. The molecule has 0 aromatic heterocycles. The van der Waals surface area contributed by atoms with E-state index in [2.05, 4.69) is 10.6 Å². The molecule has 0 aliphatic rings. The molecule has 0 aliphatic carbocycles. The van der Waals surface area contributed by atoms with Crippen molar-refractivity contribution in [1.82, 2.24) is 10.6 Å². The molecule has 1 rings (SSSR count). The van der Waals surface area contributed by atoms with Gasteiger partial charge in [-0.3, -0.25) is 4.79 Å². The summed E-state index contributed by atoms with van der Waals surface area (Å²) in [5.41, 5.74) is 0.851. The third-order valence-corrected chi connectivity index (χ3v) is 2.73. The van der Waals surface area contributed by atoms with Crippen molar-refractivity contribution in [3.8, 4) is 0 Å². The Morgan fingerprint density at radius 3 is 2.83 bits per heavy atom. The Morgan fingerprint density at radius 2 is 2.17 bits per heavy atom. The zero-order valence-corrected chi connectivity index (χ0v) is 11.0. The monoisotopic (exact) mass is 252 g/mol. The molecule has 0 fully saturated rings. The average molecular weight is 252 g/mol. The fourth-order valence-corrected chi connectivity index (χ4v) is 1.74. The van der Waals surface area contributed by atoms with E-state index >= 15 is 0 Å². The van der Waals surface area contributed by atoms with E-state index in [0.29, 0.717) is 13.0 Å². The molecule has 0 saturated carbocycles. The molecule has 0 saturated heterocycles. The normalized spacial score (nSPS) is 12.2. The number of carbonyl (C=O) groups is 1. The van der Waals surface area contributed by atoms with Crippen LogP contribution in [0.25, 0.3) is 0 Å². The predicted octanol–water partition coefficient (Wildman–Crippen LogP) is 1.73. The third kappa shape index (κ3) is 5.27. The standard InChI is InChI=1S/C14H21FN2O/c1-3-16-7-8-17-14(18)11(2)9-12-5-4-6-13(15)10-12/h4-6,10-11,16H,3,7-9H2,1-2H3,(H,17,18). The first-order valence-electron chi connectivity index (χ1n) is 6.36. The highest BCUT2D eigenvalue weighted by atomic mass is 19.1. The Morgan fingerprint density at radius 1 is 1.39 bits per heavy atom. The maximum absolute atomic E-state index is 13.0. The zero-order valence-electron chi connectivity index (χ0n) is 11.0. The van der Waals surface area contributed by atoms with Crippen LogP contribution in [0.1, 0.15) is 19.4 Å². The van der Waals surface area contributed by atoms with Crippen LogP contribution in [0.15, 0.2) is 24.3 Å². The van der Waals surface area contributed by atoms with E-state index in [1.807, 2.05) is 19.9 Å². The van der Waals surface area contributed by atoms with E-state index in [-0.39, 0.29) is 17.6 Å². The van der Waals surface area contributed by atoms with Crippen LogP contribution < -0.4 is 10.6 Å². The van der Waals surface area contributed by atoms with Gasteiger partial charge in [0.1, 0.15) is 5.82 Å². The van der Waals surface area contributed by atoms with Crippen molar-refractivity contribution in [2.75, 3.05) is 19.6 Å². The number of halogens is 1. The minimum absolute atomic E-state index is 0.0113. The van der Waals surface area contributed by atoms with Crippen LogP contribution in [-0.2, 0) is 11.2 Å². The SMILES string of the molecule is CCNCCNC(=O)C(C)Cc1cccc(F)c1.